The number of carbonyl (C=O) groups is 2. The highest BCUT2D eigenvalue weighted by atomic mass is 16.6. The van der Waals surface area contributed by atoms with Gasteiger partial charge in [0.2, 0.25) is 5.91 Å². The molecule has 1 aromatic carbocycles. The number of hydrogen-bond acceptors (Lipinski definition) is 6. The van der Waals surface area contributed by atoms with Crippen LogP contribution in [0.3, 0.4) is 0 Å². The summed E-state index contributed by atoms with van der Waals surface area (Å²) in [6.07, 6.45) is -0.970. The Balaban J connectivity index is 2.92. The van der Waals surface area contributed by atoms with Crippen molar-refractivity contribution < 1.29 is 24.4 Å². The van der Waals surface area contributed by atoms with Crippen LogP contribution in [-0.4, -0.2) is 53.1 Å². The lowest BCUT2D eigenvalue weighted by Gasteiger charge is -2.26. The van der Waals surface area contributed by atoms with E-state index in [1.165, 1.54) is 37.1 Å². The lowest BCUT2D eigenvalue weighted by atomic mass is 10.1. The van der Waals surface area contributed by atoms with Crippen LogP contribution >= 0.6 is 0 Å². The van der Waals surface area contributed by atoms with E-state index in [4.69, 9.17) is 0 Å². The van der Waals surface area contributed by atoms with Gasteiger partial charge in [0.05, 0.1) is 30.5 Å². The summed E-state index contributed by atoms with van der Waals surface area (Å²) in [5, 5.41) is 20.6. The monoisotopic (exact) mass is 338 g/mol. The van der Waals surface area contributed by atoms with Crippen LogP contribution < -0.4 is 0 Å². The number of nitro groups is 1. The summed E-state index contributed by atoms with van der Waals surface area (Å²) in [7, 11) is 1.26. The molecule has 1 aromatic rings. The van der Waals surface area contributed by atoms with Gasteiger partial charge in [-0.25, -0.2) is 0 Å². The van der Waals surface area contributed by atoms with E-state index < -0.39 is 28.8 Å². The molecule has 0 aliphatic carbocycles. The zero-order valence-corrected chi connectivity index (χ0v) is 14.0. The maximum atomic E-state index is 12.5. The first-order chi connectivity index (χ1) is 11.3. The highest BCUT2D eigenvalue weighted by molar-refractivity contribution is 5.81. The second-order valence-electron chi connectivity index (χ2n) is 5.63. The minimum atomic E-state index is -0.787. The van der Waals surface area contributed by atoms with Crippen LogP contribution in [0.1, 0.15) is 19.4 Å². The molecule has 1 amide bonds. The van der Waals surface area contributed by atoms with Gasteiger partial charge in [0, 0.05) is 24.7 Å². The number of nitro benzene ring substituents is 1. The molecule has 2 atom stereocenters. The molecule has 132 valence electrons. The molecule has 0 saturated carbocycles. The van der Waals surface area contributed by atoms with Gasteiger partial charge >= 0.3 is 5.97 Å². The van der Waals surface area contributed by atoms with Crippen molar-refractivity contribution in [3.05, 3.63) is 39.9 Å². The van der Waals surface area contributed by atoms with Crippen molar-refractivity contribution in [2.45, 2.75) is 26.4 Å². The Morgan fingerprint density at radius 3 is 2.46 bits per heavy atom. The van der Waals surface area contributed by atoms with E-state index in [1.54, 1.807) is 13.0 Å². The van der Waals surface area contributed by atoms with Crippen LogP contribution in [0, 0.1) is 16.0 Å². The molecule has 1 rings (SSSR count). The van der Waals surface area contributed by atoms with Crippen molar-refractivity contribution in [1.82, 2.24) is 4.90 Å². The number of rotatable bonds is 8. The highest BCUT2D eigenvalue weighted by Crippen LogP contribution is 2.19. The predicted molar refractivity (Wildman–Crippen MR) is 86.2 cm³/mol. The number of ether oxygens (including phenoxy) is 1. The predicted octanol–water partition coefficient (Wildman–Crippen LogP) is 1.16. The minimum absolute atomic E-state index is 0.0286. The highest BCUT2D eigenvalue weighted by Gasteiger charge is 2.24. The fourth-order valence-corrected chi connectivity index (χ4v) is 2.32. The van der Waals surface area contributed by atoms with Crippen LogP contribution in [0.15, 0.2) is 24.3 Å². The van der Waals surface area contributed by atoms with Gasteiger partial charge in [-0.15, -0.1) is 0 Å². The smallest absolute Gasteiger partial charge is 0.310 e. The minimum Gasteiger partial charge on any atom is -0.469 e. The lowest BCUT2D eigenvalue weighted by Crippen LogP contribution is -2.42. The molecule has 1 N–H and O–H groups in total. The van der Waals surface area contributed by atoms with Gasteiger partial charge in [0.1, 0.15) is 0 Å². The van der Waals surface area contributed by atoms with E-state index in [9.17, 15) is 24.8 Å². The molecular weight excluding hydrogens is 316 g/mol. The number of aliphatic hydroxyl groups is 1. The first-order valence-corrected chi connectivity index (χ1v) is 7.52. The summed E-state index contributed by atoms with van der Waals surface area (Å²) >= 11 is 0. The number of carbonyl (C=O) groups excluding carboxylic acids is 2. The summed E-state index contributed by atoms with van der Waals surface area (Å²) in [6, 6.07) is 5.99. The molecule has 0 aromatic heterocycles. The Labute approximate surface area is 140 Å². The fraction of sp³-hybridized carbons (Fsp3) is 0.500. The molecule has 0 bridgehead atoms. The zero-order chi connectivity index (χ0) is 18.3. The lowest BCUT2D eigenvalue weighted by molar-refractivity contribution is -0.385. The summed E-state index contributed by atoms with van der Waals surface area (Å²) in [5.41, 5.74) is 0.151. The first-order valence-electron chi connectivity index (χ1n) is 7.52. The molecule has 0 aliphatic heterocycles. The van der Waals surface area contributed by atoms with Crippen LogP contribution in [-0.2, 0) is 20.7 Å². The van der Waals surface area contributed by atoms with Gasteiger partial charge in [-0.3, -0.25) is 19.7 Å². The van der Waals surface area contributed by atoms with Crippen LogP contribution in [0.25, 0.3) is 0 Å². The maximum absolute atomic E-state index is 12.5. The number of amides is 1. The quantitative estimate of drug-likeness (QED) is 0.432. The van der Waals surface area contributed by atoms with Gasteiger partial charge in [0.15, 0.2) is 0 Å². The molecule has 24 heavy (non-hydrogen) atoms. The SMILES string of the molecule is COC(=O)C(C)CN(CC(C)O)C(=O)Cc1ccccc1[N+](=O)[O-]. The topological polar surface area (TPSA) is 110 Å². The average Bonchev–Trinajstić information content (AvgIpc) is 2.53. The van der Waals surface area contributed by atoms with Gasteiger partial charge < -0.3 is 14.7 Å². The van der Waals surface area contributed by atoms with Gasteiger partial charge in [0.25, 0.3) is 5.69 Å². The van der Waals surface area contributed by atoms with E-state index in [0.717, 1.165) is 0 Å². The maximum Gasteiger partial charge on any atom is 0.310 e. The van der Waals surface area contributed by atoms with E-state index in [2.05, 4.69) is 4.74 Å². The normalized spacial score (nSPS) is 13.0. The number of aliphatic hydroxyl groups excluding tert-OH is 1. The molecule has 0 heterocycles. The Morgan fingerprint density at radius 1 is 1.29 bits per heavy atom. The second kappa shape index (κ2) is 8.97. The summed E-state index contributed by atoms with van der Waals surface area (Å²) in [5.74, 6) is -1.44. The van der Waals surface area contributed by atoms with Gasteiger partial charge in [-0.2, -0.15) is 0 Å². The standard InChI is InChI=1S/C16H22N2O6/c1-11(16(21)24-3)9-17(10-12(2)19)15(20)8-13-6-4-5-7-14(13)18(22)23/h4-7,11-12,19H,8-10H2,1-3H3. The molecule has 0 aliphatic rings. The second-order valence-corrected chi connectivity index (χ2v) is 5.63. The molecule has 0 saturated heterocycles. The molecular formula is C16H22N2O6. The van der Waals surface area contributed by atoms with Crippen molar-refractivity contribution >= 4 is 17.6 Å². The van der Waals surface area contributed by atoms with Crippen LogP contribution in [0.2, 0.25) is 0 Å². The van der Waals surface area contributed by atoms with Crippen molar-refractivity contribution in [2.24, 2.45) is 5.92 Å². The molecule has 2 unspecified atom stereocenters. The van der Waals surface area contributed by atoms with Crippen molar-refractivity contribution in [3.63, 3.8) is 0 Å². The van der Waals surface area contributed by atoms with Gasteiger partial charge in [-0.1, -0.05) is 25.1 Å². The van der Waals surface area contributed by atoms with Crippen molar-refractivity contribution in [3.8, 4) is 0 Å². The molecule has 0 spiro atoms. The Kier molecular flexibility index (Phi) is 7.31. The van der Waals surface area contributed by atoms with E-state index in [1.807, 2.05) is 0 Å². The van der Waals surface area contributed by atoms with E-state index in [0.29, 0.717) is 0 Å². The molecule has 8 nitrogen and oxygen atoms in total. The molecule has 0 radical (unpaired) electrons. The third-order valence-corrected chi connectivity index (χ3v) is 3.47. The zero-order valence-electron chi connectivity index (χ0n) is 14.0. The summed E-state index contributed by atoms with van der Waals surface area (Å²) < 4.78 is 4.64. The van der Waals surface area contributed by atoms with Crippen molar-refractivity contribution in [1.29, 1.82) is 0 Å². The van der Waals surface area contributed by atoms with Gasteiger partial charge in [-0.05, 0) is 6.92 Å². The summed E-state index contributed by atoms with van der Waals surface area (Å²) in [6.45, 7) is 3.23. The van der Waals surface area contributed by atoms with E-state index in [-0.39, 0.29) is 30.8 Å². The van der Waals surface area contributed by atoms with Crippen molar-refractivity contribution in [2.75, 3.05) is 20.2 Å². The number of hydrogen-bond donors (Lipinski definition) is 1. The van der Waals surface area contributed by atoms with Crippen LogP contribution in [0.4, 0.5) is 5.69 Å². The number of esters is 1. The Hall–Kier alpha value is -2.48. The largest absolute Gasteiger partial charge is 0.469 e. The summed E-state index contributed by atoms with van der Waals surface area (Å²) in [4.78, 5) is 35.9. The number of methoxy groups -OCH3 is 1. The number of benzene rings is 1. The fourth-order valence-electron chi connectivity index (χ4n) is 2.32. The van der Waals surface area contributed by atoms with E-state index >= 15 is 0 Å². The molecule has 8 heteroatoms. The van der Waals surface area contributed by atoms with Crippen LogP contribution in [0.5, 0.6) is 0 Å². The average molecular weight is 338 g/mol. The number of nitrogens with zero attached hydrogens (tertiary/aromatic N) is 2. The third-order valence-electron chi connectivity index (χ3n) is 3.47. The molecule has 0 fully saturated rings. The first kappa shape index (κ1) is 19.6. The Bertz CT molecular complexity index is 602. The Morgan fingerprint density at radius 2 is 1.92 bits per heavy atom. The number of para-hydroxylation sites is 1. The third kappa shape index (κ3) is 5.62.